The van der Waals surface area contributed by atoms with Crippen LogP contribution >= 0.6 is 0 Å². The fraction of sp³-hybridized carbons (Fsp3) is 0.800. The molecule has 1 fully saturated rings. The molecule has 1 aliphatic heterocycles. The fourth-order valence-corrected chi connectivity index (χ4v) is 16.6. The minimum atomic E-state index is -6.18. The Morgan fingerprint density at radius 1 is 0.971 bits per heavy atom. The summed E-state index contributed by atoms with van der Waals surface area (Å²) in [6.45, 7) is 11.8. The molecule has 1 saturated heterocycles. The predicted octanol–water partition coefficient (Wildman–Crippen LogP) is 5.68. The van der Waals surface area contributed by atoms with Crippen LogP contribution in [0.3, 0.4) is 0 Å². The Bertz CT molecular complexity index is 808. The fourth-order valence-electron chi connectivity index (χ4n) is 3.96. The molecule has 35 heavy (non-hydrogen) atoms. The first-order valence-electron chi connectivity index (χ1n) is 10.8. The Kier molecular flexibility index (Phi) is 9.79. The van der Waals surface area contributed by atoms with E-state index >= 15 is 0 Å². The third-order valence-electron chi connectivity index (χ3n) is 6.37. The maximum Gasteiger partial charge on any atom is 0.378 e. The van der Waals surface area contributed by atoms with E-state index in [1.165, 1.54) is 0 Å². The zero-order chi connectivity index (χ0) is 27.6. The normalized spacial score (nSPS) is 25.2. The van der Waals surface area contributed by atoms with Gasteiger partial charge in [0.1, 0.15) is 7.59 Å². The number of hydrogen-bond donors (Lipinski definition) is 0. The van der Waals surface area contributed by atoms with Gasteiger partial charge in [0, 0.05) is 12.2 Å². The number of ether oxygens (including phenoxy) is 2. The van der Waals surface area contributed by atoms with Crippen LogP contribution in [0, 0.1) is 0 Å². The van der Waals surface area contributed by atoms with E-state index < -0.39 is 63.9 Å². The average Bonchev–Trinajstić information content (AvgIpc) is 2.71. The lowest BCUT2D eigenvalue weighted by Crippen LogP contribution is -2.71. The Morgan fingerprint density at radius 3 is 1.89 bits per heavy atom. The van der Waals surface area contributed by atoms with Gasteiger partial charge in [0.2, 0.25) is 6.17 Å². The zero-order valence-electron chi connectivity index (χ0n) is 20.2. The van der Waals surface area contributed by atoms with Gasteiger partial charge in [-0.25, -0.2) is 22.8 Å². The topological polar surface area (TPSA) is 61.8 Å². The Labute approximate surface area is 200 Å². The average molecular weight is 559 g/mol. The van der Waals surface area contributed by atoms with E-state index in [1.807, 2.05) is 33.5 Å². The van der Waals surface area contributed by atoms with Gasteiger partial charge in [-0.15, -0.1) is 0 Å². The van der Waals surface area contributed by atoms with E-state index in [0.29, 0.717) is 12.5 Å². The molecule has 1 rings (SSSR count). The first-order valence-corrected chi connectivity index (χ1v) is 17.5. The highest BCUT2D eigenvalue weighted by Gasteiger charge is 2.70. The van der Waals surface area contributed by atoms with E-state index in [0.717, 1.165) is 12.5 Å². The van der Waals surface area contributed by atoms with Gasteiger partial charge >= 0.3 is 30.1 Å². The Hall–Kier alpha value is -1.49. The van der Waals surface area contributed by atoms with Crippen LogP contribution in [0.2, 0.25) is 25.7 Å². The number of hydrogen-bond acceptors (Lipinski definition) is 5. The monoisotopic (exact) mass is 558 g/mol. The van der Waals surface area contributed by atoms with Gasteiger partial charge in [0.25, 0.3) is 6.43 Å². The summed E-state index contributed by atoms with van der Waals surface area (Å²) in [5.41, 5.74) is -0.853. The minimum Gasteiger partial charge on any atom is -0.463 e. The molecule has 1 heterocycles. The number of halogens is 8. The largest absolute Gasteiger partial charge is 0.463 e. The van der Waals surface area contributed by atoms with Crippen LogP contribution in [0.25, 0.3) is 0 Å². The minimum absolute atomic E-state index is 0.156. The van der Waals surface area contributed by atoms with Gasteiger partial charge < -0.3 is 13.9 Å². The number of esters is 2. The zero-order valence-corrected chi connectivity index (χ0v) is 22.2. The highest BCUT2D eigenvalue weighted by atomic mass is 29.3. The van der Waals surface area contributed by atoms with Crippen LogP contribution in [0.4, 0.5) is 35.1 Å². The van der Waals surface area contributed by atoms with Crippen molar-refractivity contribution in [2.45, 2.75) is 101 Å². The van der Waals surface area contributed by atoms with Crippen molar-refractivity contribution in [1.82, 2.24) is 0 Å². The maximum absolute atomic E-state index is 13.5. The summed E-state index contributed by atoms with van der Waals surface area (Å²) in [5.74, 6) is -15.4. The van der Waals surface area contributed by atoms with Crippen molar-refractivity contribution in [2.24, 2.45) is 0 Å². The molecule has 1 aliphatic rings. The van der Waals surface area contributed by atoms with Gasteiger partial charge in [-0.3, -0.25) is 0 Å². The van der Waals surface area contributed by atoms with Crippen molar-refractivity contribution in [3.05, 3.63) is 12.2 Å². The molecule has 0 saturated carbocycles. The van der Waals surface area contributed by atoms with Crippen molar-refractivity contribution in [1.29, 1.82) is 0 Å². The molecule has 0 N–H and O–H groups in total. The van der Waals surface area contributed by atoms with Gasteiger partial charge in [0.15, 0.2) is 7.83 Å². The number of carbonyl (C=O) groups excluding carboxylic acids is 2. The molecule has 0 aromatic carbocycles. The lowest BCUT2D eigenvalue weighted by Gasteiger charge is -2.53. The number of rotatable bonds is 10. The lowest BCUT2D eigenvalue weighted by atomic mass is 10.1. The van der Waals surface area contributed by atoms with Crippen LogP contribution in [-0.4, -0.2) is 69.5 Å². The molecule has 15 heteroatoms. The van der Waals surface area contributed by atoms with Gasteiger partial charge in [-0.2, -0.15) is 22.0 Å². The second-order valence-electron chi connectivity index (χ2n) is 9.69. The standard InChI is InChI=1S/C20H30F8O5Si2/c1-7-14(35(6)11-10-18(2,3)33-34(35,4)5)31-12(29)8-9-13(30)32-17(24)20(27,28)19(25,26)15(21)16(22)23/h8-9,14-17H,7,10-11H2,1-6H3. The van der Waals surface area contributed by atoms with Crippen LogP contribution in [0.15, 0.2) is 12.2 Å². The van der Waals surface area contributed by atoms with Gasteiger partial charge in [-0.1, -0.05) is 19.5 Å². The smallest absolute Gasteiger partial charge is 0.378 e. The first-order chi connectivity index (χ1) is 15.6. The van der Waals surface area contributed by atoms with Crippen LogP contribution in [0.5, 0.6) is 0 Å². The Balaban J connectivity index is 2.86. The molecule has 0 aliphatic carbocycles. The molecule has 5 nitrogen and oxygen atoms in total. The molecule has 0 aromatic heterocycles. The molecule has 0 bridgehead atoms. The van der Waals surface area contributed by atoms with Gasteiger partial charge in [0.05, 0.1) is 11.3 Å². The van der Waals surface area contributed by atoms with Crippen LogP contribution in [-0.2, 0) is 23.5 Å². The van der Waals surface area contributed by atoms with Crippen molar-refractivity contribution < 1.29 is 58.6 Å². The number of alkyl halides is 8. The van der Waals surface area contributed by atoms with E-state index in [-0.39, 0.29) is 11.7 Å². The van der Waals surface area contributed by atoms with Crippen molar-refractivity contribution in [2.75, 3.05) is 0 Å². The molecule has 4 atom stereocenters. The summed E-state index contributed by atoms with van der Waals surface area (Å²) in [7, 11) is -4.60. The molecule has 204 valence electrons. The predicted molar refractivity (Wildman–Crippen MR) is 115 cm³/mol. The summed E-state index contributed by atoms with van der Waals surface area (Å²) in [6, 6.07) is 0.803. The van der Waals surface area contributed by atoms with Gasteiger partial charge in [-0.05, 0) is 39.8 Å². The summed E-state index contributed by atoms with van der Waals surface area (Å²) in [4.78, 5) is 23.8. The quantitative estimate of drug-likeness (QED) is 0.150. The highest BCUT2D eigenvalue weighted by Crippen LogP contribution is 2.44. The molecule has 0 radical (unpaired) electrons. The third-order valence-corrected chi connectivity index (χ3v) is 23.7. The molecule has 4 unspecified atom stereocenters. The third kappa shape index (κ3) is 6.84. The highest BCUT2D eigenvalue weighted by molar-refractivity contribution is 7.39. The summed E-state index contributed by atoms with van der Waals surface area (Å²) in [6.07, 6.45) is -12.0. The van der Waals surface area contributed by atoms with Crippen LogP contribution < -0.4 is 0 Å². The SMILES string of the molecule is CCC(OC(=O)C=CC(=O)OC(F)C(F)(F)C(F)(F)C(F)C(F)F)[Si]1(C)CCC(C)(C)O[Si]1(C)C. The van der Waals surface area contributed by atoms with E-state index in [2.05, 4.69) is 4.74 Å². The van der Waals surface area contributed by atoms with Crippen molar-refractivity contribution >= 4 is 27.4 Å². The maximum atomic E-state index is 13.5. The molecule has 0 aromatic rings. The van der Waals surface area contributed by atoms with Crippen molar-refractivity contribution in [3.63, 3.8) is 0 Å². The van der Waals surface area contributed by atoms with Crippen molar-refractivity contribution in [3.8, 4) is 0 Å². The molecule has 0 spiro atoms. The van der Waals surface area contributed by atoms with E-state index in [4.69, 9.17) is 9.16 Å². The number of carbonyl (C=O) groups is 2. The molecule has 0 amide bonds. The first kappa shape index (κ1) is 31.5. The second kappa shape index (κ2) is 10.9. The van der Waals surface area contributed by atoms with E-state index in [9.17, 15) is 44.7 Å². The Morgan fingerprint density at radius 2 is 1.46 bits per heavy atom. The van der Waals surface area contributed by atoms with Crippen LogP contribution in [0.1, 0.15) is 33.6 Å². The molecular weight excluding hydrogens is 528 g/mol. The summed E-state index contributed by atoms with van der Waals surface area (Å²) >= 11 is 0. The van der Waals surface area contributed by atoms with E-state index in [1.54, 1.807) is 6.92 Å². The lowest BCUT2D eigenvalue weighted by molar-refractivity contribution is -0.312. The summed E-state index contributed by atoms with van der Waals surface area (Å²) < 4.78 is 119. The molecular formula is C20H30F8O5Si2. The summed E-state index contributed by atoms with van der Waals surface area (Å²) in [5, 5.41) is 0. The second-order valence-corrected chi connectivity index (χ2v) is 23.9.